The maximum absolute atomic E-state index is 11.1. The van der Waals surface area contributed by atoms with E-state index >= 15 is 0 Å². The molecule has 0 aliphatic carbocycles. The monoisotopic (exact) mass is 219 g/mol. The summed E-state index contributed by atoms with van der Waals surface area (Å²) in [5.41, 5.74) is 8.83. The lowest BCUT2D eigenvalue weighted by molar-refractivity contribution is 0.1000. The lowest BCUT2D eigenvalue weighted by Gasteiger charge is -2.28. The molecule has 1 fully saturated rings. The van der Waals surface area contributed by atoms with Crippen LogP contribution in [0.1, 0.15) is 16.8 Å². The number of carbonyl (C=O) groups is 1. The Hall–Kier alpha value is -1.95. The van der Waals surface area contributed by atoms with Crippen molar-refractivity contribution >= 4 is 11.6 Å². The van der Waals surface area contributed by atoms with Crippen molar-refractivity contribution in [3.8, 4) is 0 Å². The van der Waals surface area contributed by atoms with Gasteiger partial charge in [-0.15, -0.1) is 5.11 Å². The van der Waals surface area contributed by atoms with Crippen LogP contribution < -0.4 is 11.3 Å². The minimum Gasteiger partial charge on any atom is -0.366 e. The van der Waals surface area contributed by atoms with Crippen molar-refractivity contribution in [2.75, 3.05) is 13.1 Å². The molecule has 1 saturated heterocycles. The van der Waals surface area contributed by atoms with Crippen LogP contribution in [0.2, 0.25) is 0 Å². The molecule has 1 amide bonds. The standard InChI is InChI=1S/C10H13N5O/c11-10(16)8-4-1-2-5-9(8)12-13-14-15-6-3-7-15/h1-2,4-5H,3,6-7H2,(H2,11,16)(H,12,14). The molecule has 0 radical (unpaired) electrons. The minimum absolute atomic E-state index is 0.372. The third kappa shape index (κ3) is 2.34. The van der Waals surface area contributed by atoms with Crippen LogP contribution in [0.15, 0.2) is 34.6 Å². The van der Waals surface area contributed by atoms with E-state index in [-0.39, 0.29) is 0 Å². The Morgan fingerprint density at radius 1 is 1.38 bits per heavy atom. The molecule has 3 N–H and O–H groups in total. The summed E-state index contributed by atoms with van der Waals surface area (Å²) in [6.45, 7) is 1.94. The summed E-state index contributed by atoms with van der Waals surface area (Å²) < 4.78 is 0. The fourth-order valence-electron chi connectivity index (χ4n) is 1.32. The van der Waals surface area contributed by atoms with Crippen LogP contribution in [0.25, 0.3) is 0 Å². The van der Waals surface area contributed by atoms with Gasteiger partial charge in [0.2, 0.25) is 0 Å². The molecule has 84 valence electrons. The van der Waals surface area contributed by atoms with Crippen molar-refractivity contribution in [1.29, 1.82) is 0 Å². The Balaban J connectivity index is 2.04. The Morgan fingerprint density at radius 2 is 2.12 bits per heavy atom. The summed E-state index contributed by atoms with van der Waals surface area (Å²) in [6, 6.07) is 6.84. The Labute approximate surface area is 93.1 Å². The fourth-order valence-corrected chi connectivity index (χ4v) is 1.32. The van der Waals surface area contributed by atoms with Crippen molar-refractivity contribution in [2.45, 2.75) is 6.42 Å². The molecule has 0 unspecified atom stereocenters. The summed E-state index contributed by atoms with van der Waals surface area (Å²) in [5.74, 6) is -0.501. The Bertz CT molecular complexity index is 413. The second kappa shape index (κ2) is 4.71. The number of hydrogen-bond acceptors (Lipinski definition) is 4. The number of benzene rings is 1. The third-order valence-electron chi connectivity index (χ3n) is 2.37. The molecule has 0 saturated carbocycles. The van der Waals surface area contributed by atoms with E-state index in [4.69, 9.17) is 5.73 Å². The normalized spacial score (nSPS) is 16.0. The van der Waals surface area contributed by atoms with E-state index in [1.54, 1.807) is 24.3 Å². The molecule has 1 aliphatic heterocycles. The zero-order chi connectivity index (χ0) is 11.4. The molecular weight excluding hydrogens is 206 g/mol. The fraction of sp³-hybridized carbons (Fsp3) is 0.300. The molecule has 1 aliphatic rings. The van der Waals surface area contributed by atoms with Gasteiger partial charge in [-0.1, -0.05) is 17.4 Å². The van der Waals surface area contributed by atoms with E-state index in [2.05, 4.69) is 15.9 Å². The van der Waals surface area contributed by atoms with Crippen LogP contribution in [-0.4, -0.2) is 24.0 Å². The second-order valence-electron chi connectivity index (χ2n) is 3.52. The molecule has 1 heterocycles. The molecule has 6 heteroatoms. The molecule has 1 aromatic carbocycles. The number of nitrogens with two attached hydrogens (primary N) is 1. The highest BCUT2D eigenvalue weighted by molar-refractivity contribution is 5.97. The smallest absolute Gasteiger partial charge is 0.250 e. The molecule has 0 spiro atoms. The SMILES string of the molecule is NC(=O)c1ccccc1N=NNN1CCC1. The van der Waals surface area contributed by atoms with Gasteiger partial charge in [0.25, 0.3) is 5.91 Å². The maximum Gasteiger partial charge on any atom is 0.250 e. The van der Waals surface area contributed by atoms with E-state index < -0.39 is 5.91 Å². The quantitative estimate of drug-likeness (QED) is 0.585. The van der Waals surface area contributed by atoms with Gasteiger partial charge in [0.15, 0.2) is 0 Å². The summed E-state index contributed by atoms with van der Waals surface area (Å²) in [5, 5.41) is 9.65. The maximum atomic E-state index is 11.1. The zero-order valence-corrected chi connectivity index (χ0v) is 8.76. The van der Waals surface area contributed by atoms with Gasteiger partial charge in [0.05, 0.1) is 5.56 Å². The Kier molecular flexibility index (Phi) is 3.11. The molecule has 0 bridgehead atoms. The molecule has 1 aromatic rings. The number of primary amides is 1. The van der Waals surface area contributed by atoms with Gasteiger partial charge < -0.3 is 5.73 Å². The average Bonchev–Trinajstić information content (AvgIpc) is 2.22. The van der Waals surface area contributed by atoms with Crippen LogP contribution in [0.3, 0.4) is 0 Å². The van der Waals surface area contributed by atoms with Gasteiger partial charge >= 0.3 is 0 Å². The summed E-state index contributed by atoms with van der Waals surface area (Å²) in [7, 11) is 0. The van der Waals surface area contributed by atoms with E-state index in [9.17, 15) is 4.79 Å². The summed E-state index contributed by atoms with van der Waals surface area (Å²) >= 11 is 0. The van der Waals surface area contributed by atoms with Gasteiger partial charge in [-0.2, -0.15) is 0 Å². The van der Waals surface area contributed by atoms with Gasteiger partial charge in [-0.3, -0.25) is 4.79 Å². The van der Waals surface area contributed by atoms with Crippen molar-refractivity contribution in [3.63, 3.8) is 0 Å². The highest BCUT2D eigenvalue weighted by Gasteiger charge is 2.12. The zero-order valence-electron chi connectivity index (χ0n) is 8.76. The van der Waals surface area contributed by atoms with Crippen LogP contribution in [0.4, 0.5) is 5.69 Å². The molecule has 0 aromatic heterocycles. The predicted octanol–water partition coefficient (Wildman–Crippen LogP) is 0.995. The van der Waals surface area contributed by atoms with Gasteiger partial charge in [-0.25, -0.2) is 10.5 Å². The van der Waals surface area contributed by atoms with E-state index in [0.717, 1.165) is 13.1 Å². The van der Waals surface area contributed by atoms with Crippen LogP contribution in [-0.2, 0) is 0 Å². The van der Waals surface area contributed by atoms with Gasteiger partial charge in [0.1, 0.15) is 5.69 Å². The van der Waals surface area contributed by atoms with Crippen LogP contribution in [0.5, 0.6) is 0 Å². The van der Waals surface area contributed by atoms with Gasteiger partial charge in [0, 0.05) is 13.1 Å². The minimum atomic E-state index is -0.501. The highest BCUT2D eigenvalue weighted by atomic mass is 16.1. The molecular formula is C10H13N5O. The van der Waals surface area contributed by atoms with E-state index in [1.807, 2.05) is 5.01 Å². The number of hydrogen-bond donors (Lipinski definition) is 2. The number of hydrazine groups is 1. The van der Waals surface area contributed by atoms with Crippen molar-refractivity contribution in [3.05, 3.63) is 29.8 Å². The molecule has 16 heavy (non-hydrogen) atoms. The lowest BCUT2D eigenvalue weighted by atomic mass is 10.2. The number of rotatable bonds is 4. The van der Waals surface area contributed by atoms with Crippen LogP contribution >= 0.6 is 0 Å². The lowest BCUT2D eigenvalue weighted by Crippen LogP contribution is -2.44. The largest absolute Gasteiger partial charge is 0.366 e. The first-order valence-corrected chi connectivity index (χ1v) is 5.07. The van der Waals surface area contributed by atoms with E-state index in [1.165, 1.54) is 6.42 Å². The Morgan fingerprint density at radius 3 is 2.75 bits per heavy atom. The van der Waals surface area contributed by atoms with Crippen LogP contribution in [0, 0.1) is 0 Å². The van der Waals surface area contributed by atoms with Gasteiger partial charge in [-0.05, 0) is 18.6 Å². The predicted molar refractivity (Wildman–Crippen MR) is 58.8 cm³/mol. The second-order valence-corrected chi connectivity index (χ2v) is 3.52. The number of nitrogens with one attached hydrogen (secondary N) is 1. The van der Waals surface area contributed by atoms with Crippen molar-refractivity contribution in [2.24, 2.45) is 16.1 Å². The van der Waals surface area contributed by atoms with E-state index in [0.29, 0.717) is 11.3 Å². The molecule has 6 nitrogen and oxygen atoms in total. The first-order valence-electron chi connectivity index (χ1n) is 5.07. The average molecular weight is 219 g/mol. The molecule has 2 rings (SSSR count). The van der Waals surface area contributed by atoms with Crippen molar-refractivity contribution in [1.82, 2.24) is 10.5 Å². The number of amides is 1. The number of nitrogens with zero attached hydrogens (tertiary/aromatic N) is 3. The topological polar surface area (TPSA) is 83.1 Å². The first-order chi connectivity index (χ1) is 7.77. The first kappa shape index (κ1) is 10.6. The summed E-state index contributed by atoms with van der Waals surface area (Å²) in [6.07, 6.45) is 1.17. The number of carbonyl (C=O) groups excluding carboxylic acids is 1. The van der Waals surface area contributed by atoms with Crippen molar-refractivity contribution < 1.29 is 4.79 Å². The molecule has 0 atom stereocenters. The summed E-state index contributed by atoms with van der Waals surface area (Å²) in [4.78, 5) is 11.1. The third-order valence-corrected chi connectivity index (χ3v) is 2.37. The highest BCUT2D eigenvalue weighted by Crippen LogP contribution is 2.18.